The number of nitrogens with zero attached hydrogens (tertiary/aromatic N) is 1. The standard InChI is InChI=1S/C23H28ClNO4S/c1-16-8-10-21(25-23(16)29-2)19(14-17-6-3-4-7-17)18-9-11-22(20(24)15-18)30(27,28)13-5-12-26/h8-11,14-15,17,26H,3-7,12-13H2,1-2H3. The van der Waals surface area contributed by atoms with Gasteiger partial charge in [-0.3, -0.25) is 0 Å². The number of ether oxygens (including phenoxy) is 1. The number of hydrogen-bond acceptors (Lipinski definition) is 5. The van der Waals surface area contributed by atoms with E-state index in [1.807, 2.05) is 19.1 Å². The predicted octanol–water partition coefficient (Wildman–Crippen LogP) is 4.83. The largest absolute Gasteiger partial charge is 0.481 e. The molecule has 162 valence electrons. The molecule has 1 N–H and O–H groups in total. The van der Waals surface area contributed by atoms with Gasteiger partial charge in [-0.25, -0.2) is 13.4 Å². The van der Waals surface area contributed by atoms with Crippen molar-refractivity contribution in [1.29, 1.82) is 0 Å². The fourth-order valence-corrected chi connectivity index (χ4v) is 5.73. The number of aromatic nitrogens is 1. The van der Waals surface area contributed by atoms with E-state index in [2.05, 4.69) is 11.1 Å². The Morgan fingerprint density at radius 3 is 2.63 bits per heavy atom. The number of rotatable bonds is 8. The lowest BCUT2D eigenvalue weighted by Crippen LogP contribution is -2.09. The highest BCUT2D eigenvalue weighted by atomic mass is 35.5. The average Bonchev–Trinajstić information content (AvgIpc) is 3.24. The van der Waals surface area contributed by atoms with Crippen LogP contribution in [0.5, 0.6) is 5.88 Å². The van der Waals surface area contributed by atoms with Crippen LogP contribution < -0.4 is 4.74 Å². The molecule has 1 heterocycles. The summed E-state index contributed by atoms with van der Waals surface area (Å²) in [6.45, 7) is 1.77. The number of aliphatic hydroxyl groups excluding tert-OH is 1. The quantitative estimate of drug-likeness (QED) is 0.624. The molecule has 2 aromatic rings. The second-order valence-electron chi connectivity index (χ2n) is 7.69. The van der Waals surface area contributed by atoms with Gasteiger partial charge in [0.15, 0.2) is 9.84 Å². The summed E-state index contributed by atoms with van der Waals surface area (Å²) < 4.78 is 30.4. The van der Waals surface area contributed by atoms with Gasteiger partial charge in [0.2, 0.25) is 5.88 Å². The third kappa shape index (κ3) is 5.23. The van der Waals surface area contributed by atoms with Gasteiger partial charge in [-0.15, -0.1) is 0 Å². The van der Waals surface area contributed by atoms with Crippen LogP contribution in [-0.4, -0.2) is 38.0 Å². The van der Waals surface area contributed by atoms with Crippen LogP contribution in [-0.2, 0) is 9.84 Å². The molecule has 0 spiro atoms. The van der Waals surface area contributed by atoms with Crippen molar-refractivity contribution in [2.75, 3.05) is 19.5 Å². The number of halogens is 1. The summed E-state index contributed by atoms with van der Waals surface area (Å²) in [5.74, 6) is 0.893. The van der Waals surface area contributed by atoms with E-state index < -0.39 is 9.84 Å². The number of pyridine rings is 1. The summed E-state index contributed by atoms with van der Waals surface area (Å²) in [6, 6.07) is 8.96. The average molecular weight is 450 g/mol. The molecule has 0 atom stereocenters. The fraction of sp³-hybridized carbons (Fsp3) is 0.435. The van der Waals surface area contributed by atoms with Gasteiger partial charge < -0.3 is 9.84 Å². The molecule has 1 aliphatic carbocycles. The summed E-state index contributed by atoms with van der Waals surface area (Å²) in [6.07, 6.45) is 7.10. The number of hydrogen-bond donors (Lipinski definition) is 1. The first kappa shape index (κ1) is 22.8. The molecule has 7 heteroatoms. The van der Waals surface area contributed by atoms with Crippen LogP contribution in [0, 0.1) is 12.8 Å². The Labute approximate surface area is 183 Å². The summed E-state index contributed by atoms with van der Waals surface area (Å²) in [7, 11) is -1.95. The predicted molar refractivity (Wildman–Crippen MR) is 120 cm³/mol. The molecule has 0 unspecified atom stereocenters. The Hall–Kier alpha value is -1.89. The highest BCUT2D eigenvalue weighted by Crippen LogP contribution is 2.35. The Bertz CT molecular complexity index is 1030. The van der Waals surface area contributed by atoms with Crippen LogP contribution in [0.3, 0.4) is 0 Å². The van der Waals surface area contributed by atoms with Crippen LogP contribution >= 0.6 is 11.6 Å². The molecule has 1 aromatic carbocycles. The van der Waals surface area contributed by atoms with Crippen LogP contribution in [0.1, 0.15) is 48.9 Å². The second kappa shape index (κ2) is 9.94. The van der Waals surface area contributed by atoms with Gasteiger partial charge in [0.1, 0.15) is 0 Å². The van der Waals surface area contributed by atoms with Crippen LogP contribution in [0.2, 0.25) is 5.02 Å². The van der Waals surface area contributed by atoms with E-state index in [4.69, 9.17) is 21.4 Å². The zero-order chi connectivity index (χ0) is 21.7. The molecule has 5 nitrogen and oxygen atoms in total. The zero-order valence-electron chi connectivity index (χ0n) is 17.4. The van der Waals surface area contributed by atoms with Crippen molar-refractivity contribution in [3.05, 3.63) is 58.3 Å². The molecular formula is C23H28ClNO4S. The minimum atomic E-state index is -3.55. The summed E-state index contributed by atoms with van der Waals surface area (Å²) in [5.41, 5.74) is 3.48. The van der Waals surface area contributed by atoms with Crippen molar-refractivity contribution in [2.24, 2.45) is 5.92 Å². The molecule has 3 rings (SSSR count). The maximum atomic E-state index is 12.5. The Morgan fingerprint density at radius 2 is 2.00 bits per heavy atom. The van der Waals surface area contributed by atoms with Gasteiger partial charge in [0.25, 0.3) is 0 Å². The van der Waals surface area contributed by atoms with E-state index in [0.29, 0.717) is 11.8 Å². The number of sulfone groups is 1. The van der Waals surface area contributed by atoms with Crippen LogP contribution in [0.15, 0.2) is 41.3 Å². The van der Waals surface area contributed by atoms with E-state index >= 15 is 0 Å². The third-order valence-electron chi connectivity index (χ3n) is 5.47. The monoisotopic (exact) mass is 449 g/mol. The molecule has 0 radical (unpaired) electrons. The summed E-state index contributed by atoms with van der Waals surface area (Å²) >= 11 is 6.41. The van der Waals surface area contributed by atoms with Gasteiger partial charge in [-0.1, -0.05) is 42.7 Å². The Kier molecular flexibility index (Phi) is 7.55. The van der Waals surface area contributed by atoms with Gasteiger partial charge >= 0.3 is 0 Å². The maximum Gasteiger partial charge on any atom is 0.216 e. The van der Waals surface area contributed by atoms with Crippen molar-refractivity contribution in [3.63, 3.8) is 0 Å². The van der Waals surface area contributed by atoms with Crippen LogP contribution in [0.4, 0.5) is 0 Å². The maximum absolute atomic E-state index is 12.5. The van der Waals surface area contributed by atoms with Gasteiger partial charge in [0, 0.05) is 17.7 Å². The molecule has 1 aromatic heterocycles. The zero-order valence-corrected chi connectivity index (χ0v) is 19.0. The molecule has 1 fully saturated rings. The third-order valence-corrected chi connectivity index (χ3v) is 7.75. The van der Waals surface area contributed by atoms with E-state index in [-0.39, 0.29) is 28.7 Å². The minimum Gasteiger partial charge on any atom is -0.481 e. The van der Waals surface area contributed by atoms with Gasteiger partial charge in [-0.2, -0.15) is 0 Å². The van der Waals surface area contributed by atoms with E-state index in [1.165, 1.54) is 12.8 Å². The molecule has 0 aliphatic heterocycles. The van der Waals surface area contributed by atoms with Gasteiger partial charge in [0.05, 0.1) is 28.5 Å². The SMILES string of the molecule is COc1nc(C(=CC2CCCC2)c2ccc(S(=O)(=O)CCCO)c(Cl)c2)ccc1C. The second-order valence-corrected chi connectivity index (χ2v) is 10.2. The summed E-state index contributed by atoms with van der Waals surface area (Å²) in [4.78, 5) is 4.76. The highest BCUT2D eigenvalue weighted by molar-refractivity contribution is 7.91. The molecular weight excluding hydrogens is 422 g/mol. The normalized spacial score (nSPS) is 15.5. The van der Waals surface area contributed by atoms with Crippen molar-refractivity contribution in [2.45, 2.75) is 43.9 Å². The fourth-order valence-electron chi connectivity index (χ4n) is 3.84. The highest BCUT2D eigenvalue weighted by Gasteiger charge is 2.21. The van der Waals surface area contributed by atoms with Crippen molar-refractivity contribution >= 4 is 27.0 Å². The lowest BCUT2D eigenvalue weighted by atomic mass is 9.96. The number of aryl methyl sites for hydroxylation is 1. The van der Waals surface area contributed by atoms with E-state index in [1.54, 1.807) is 25.3 Å². The lowest BCUT2D eigenvalue weighted by Gasteiger charge is -2.15. The molecule has 0 saturated heterocycles. The minimum absolute atomic E-state index is 0.0935. The number of methoxy groups -OCH3 is 1. The van der Waals surface area contributed by atoms with E-state index in [0.717, 1.165) is 35.2 Å². The first-order valence-corrected chi connectivity index (χ1v) is 12.3. The lowest BCUT2D eigenvalue weighted by molar-refractivity contribution is 0.295. The summed E-state index contributed by atoms with van der Waals surface area (Å²) in [5, 5.41) is 9.15. The Balaban J connectivity index is 2.05. The first-order chi connectivity index (χ1) is 14.4. The van der Waals surface area contributed by atoms with Crippen molar-refractivity contribution in [1.82, 2.24) is 4.98 Å². The Morgan fingerprint density at radius 1 is 1.27 bits per heavy atom. The van der Waals surface area contributed by atoms with Crippen LogP contribution in [0.25, 0.3) is 5.57 Å². The van der Waals surface area contributed by atoms with E-state index in [9.17, 15) is 8.42 Å². The van der Waals surface area contributed by atoms with Crippen molar-refractivity contribution in [3.8, 4) is 5.88 Å². The van der Waals surface area contributed by atoms with Gasteiger partial charge in [-0.05, 0) is 55.9 Å². The molecule has 30 heavy (non-hydrogen) atoms. The number of allylic oxidation sites excluding steroid dienone is 1. The molecule has 1 saturated carbocycles. The number of benzene rings is 1. The first-order valence-electron chi connectivity index (χ1n) is 10.2. The number of aliphatic hydroxyl groups is 1. The molecule has 0 bridgehead atoms. The molecule has 0 amide bonds. The molecule has 1 aliphatic rings. The van der Waals surface area contributed by atoms with Crippen molar-refractivity contribution < 1.29 is 18.3 Å². The topological polar surface area (TPSA) is 76.5 Å². The smallest absolute Gasteiger partial charge is 0.216 e.